The normalized spacial score (nSPS) is 13.4. The fraction of sp³-hybridized carbons (Fsp3) is 0. The molecule has 10 heteroatoms. The maximum atomic E-state index is 11.0. The van der Waals surface area contributed by atoms with Crippen molar-refractivity contribution in [2.45, 2.75) is 4.90 Å². The fourth-order valence-corrected chi connectivity index (χ4v) is 2.34. The summed E-state index contributed by atoms with van der Waals surface area (Å²) in [6.07, 6.45) is 0. The van der Waals surface area contributed by atoms with E-state index in [2.05, 4.69) is 0 Å². The average Bonchev–Trinajstić information content (AvgIpc) is 2.10. The quantitative estimate of drug-likeness (QED) is 0.444. The zero-order valence-corrected chi connectivity index (χ0v) is 10.6. The molecule has 0 aliphatic heterocycles. The predicted molar refractivity (Wildman–Crippen MR) is 63.3 cm³/mol. The van der Waals surface area contributed by atoms with E-state index in [9.17, 15) is 12.6 Å². The number of benzene rings is 1. The maximum absolute atomic E-state index is 11.0. The zero-order chi connectivity index (χ0) is 12.5. The van der Waals surface area contributed by atoms with Crippen molar-refractivity contribution in [2.24, 2.45) is 0 Å². The number of anilines is 2. The van der Waals surface area contributed by atoms with Gasteiger partial charge in [0.2, 0.25) is 0 Å². The van der Waals surface area contributed by atoms with Crippen molar-refractivity contribution >= 4 is 54.0 Å². The van der Waals surface area contributed by atoms with Crippen LogP contribution >= 0.6 is 22.3 Å². The third kappa shape index (κ3) is 3.22. The minimum absolute atomic E-state index is 0.0480. The summed E-state index contributed by atoms with van der Waals surface area (Å²) < 4.78 is 43.2. The molecule has 1 aromatic rings. The van der Waals surface area contributed by atoms with Gasteiger partial charge >= 0.3 is 0 Å². The molecule has 0 aliphatic rings. The standard InChI is InChI=1S/C6H6Cl2N2O4S2/c7-4-1-3(16(8,13)14)2-5(6(4)9)10-15(11)12/h1-2,10H,9H2,(H,11,12). The molecule has 0 bridgehead atoms. The average molecular weight is 305 g/mol. The van der Waals surface area contributed by atoms with Crippen LogP contribution in [0.2, 0.25) is 5.02 Å². The molecule has 1 unspecified atom stereocenters. The van der Waals surface area contributed by atoms with Crippen LogP contribution in [-0.4, -0.2) is 17.2 Å². The molecule has 1 atom stereocenters. The van der Waals surface area contributed by atoms with E-state index in [1.165, 1.54) is 0 Å². The monoisotopic (exact) mass is 304 g/mol. The zero-order valence-electron chi connectivity index (χ0n) is 7.48. The van der Waals surface area contributed by atoms with Crippen LogP contribution in [0, 0.1) is 0 Å². The van der Waals surface area contributed by atoms with Gasteiger partial charge in [-0.25, -0.2) is 12.6 Å². The molecule has 0 heterocycles. The number of hydrogen-bond donors (Lipinski definition) is 3. The minimum Gasteiger partial charge on any atom is -0.396 e. The lowest BCUT2D eigenvalue weighted by Gasteiger charge is -2.08. The largest absolute Gasteiger partial charge is 0.396 e. The van der Waals surface area contributed by atoms with Gasteiger partial charge in [0.05, 0.1) is 21.3 Å². The van der Waals surface area contributed by atoms with Gasteiger partial charge in [0, 0.05) is 10.7 Å². The molecule has 0 radical (unpaired) electrons. The molecule has 16 heavy (non-hydrogen) atoms. The van der Waals surface area contributed by atoms with Crippen LogP contribution in [0.1, 0.15) is 0 Å². The van der Waals surface area contributed by atoms with Crippen LogP contribution in [-0.2, 0) is 20.3 Å². The lowest BCUT2D eigenvalue weighted by Crippen LogP contribution is -2.06. The van der Waals surface area contributed by atoms with Crippen LogP contribution in [0.4, 0.5) is 11.4 Å². The Hall–Kier alpha value is -0.540. The van der Waals surface area contributed by atoms with Crippen LogP contribution in [0.25, 0.3) is 0 Å². The van der Waals surface area contributed by atoms with Gasteiger partial charge < -0.3 is 5.73 Å². The van der Waals surface area contributed by atoms with Crippen molar-refractivity contribution in [2.75, 3.05) is 10.5 Å². The van der Waals surface area contributed by atoms with Gasteiger partial charge in [0.15, 0.2) is 0 Å². The lowest BCUT2D eigenvalue weighted by atomic mass is 10.3. The van der Waals surface area contributed by atoms with Crippen molar-refractivity contribution in [3.63, 3.8) is 0 Å². The molecule has 4 N–H and O–H groups in total. The van der Waals surface area contributed by atoms with E-state index in [0.29, 0.717) is 0 Å². The van der Waals surface area contributed by atoms with E-state index in [0.717, 1.165) is 12.1 Å². The Labute approximate surface area is 104 Å². The van der Waals surface area contributed by atoms with Crippen LogP contribution in [0.5, 0.6) is 0 Å². The van der Waals surface area contributed by atoms with Crippen LogP contribution < -0.4 is 10.5 Å². The summed E-state index contributed by atoms with van der Waals surface area (Å²) >= 11 is 3.24. The van der Waals surface area contributed by atoms with Crippen molar-refractivity contribution < 1.29 is 17.2 Å². The Morgan fingerprint density at radius 2 is 2.00 bits per heavy atom. The summed E-state index contributed by atoms with van der Waals surface area (Å²) in [5, 5.41) is -0.0883. The molecule has 1 rings (SSSR count). The van der Waals surface area contributed by atoms with Gasteiger partial charge in [-0.1, -0.05) is 11.6 Å². The van der Waals surface area contributed by atoms with E-state index in [1.54, 1.807) is 0 Å². The van der Waals surface area contributed by atoms with E-state index in [1.807, 2.05) is 4.72 Å². The van der Waals surface area contributed by atoms with Crippen molar-refractivity contribution in [1.82, 2.24) is 0 Å². The van der Waals surface area contributed by atoms with Gasteiger partial charge in [0.25, 0.3) is 20.3 Å². The molecular weight excluding hydrogens is 299 g/mol. The third-order valence-corrected chi connectivity index (χ3v) is 3.62. The SMILES string of the molecule is Nc1c(Cl)cc(S(=O)(=O)Cl)cc1NS(=O)O. The number of hydrogen-bond acceptors (Lipinski definition) is 4. The second kappa shape index (κ2) is 4.76. The number of nitrogen functional groups attached to an aromatic ring is 1. The minimum atomic E-state index is -3.99. The molecule has 0 saturated heterocycles. The summed E-state index contributed by atoms with van der Waals surface area (Å²) in [6, 6.07) is 2.06. The summed E-state index contributed by atoms with van der Waals surface area (Å²) in [7, 11) is 1.11. The fourth-order valence-electron chi connectivity index (χ4n) is 0.912. The van der Waals surface area contributed by atoms with Gasteiger partial charge in [-0.2, -0.15) is 0 Å². The van der Waals surface area contributed by atoms with Crippen molar-refractivity contribution in [3.05, 3.63) is 17.2 Å². The highest BCUT2D eigenvalue weighted by Crippen LogP contribution is 2.32. The number of nitrogens with two attached hydrogens (primary N) is 1. The Balaban J connectivity index is 3.39. The maximum Gasteiger partial charge on any atom is 0.261 e. The summed E-state index contributed by atoms with van der Waals surface area (Å²) in [4.78, 5) is -0.318. The van der Waals surface area contributed by atoms with Gasteiger partial charge in [-0.05, 0) is 12.1 Å². The van der Waals surface area contributed by atoms with Gasteiger partial charge in [-0.15, -0.1) is 0 Å². The number of nitrogens with one attached hydrogen (secondary N) is 1. The lowest BCUT2D eigenvalue weighted by molar-refractivity contribution is 0.570. The predicted octanol–water partition coefficient (Wildman–Crippen LogP) is 1.40. The van der Waals surface area contributed by atoms with Crippen molar-refractivity contribution in [3.8, 4) is 0 Å². The summed E-state index contributed by atoms with van der Waals surface area (Å²) in [6.45, 7) is 0. The number of rotatable bonds is 3. The molecule has 6 nitrogen and oxygen atoms in total. The third-order valence-electron chi connectivity index (χ3n) is 1.58. The number of halogens is 2. The van der Waals surface area contributed by atoms with Crippen LogP contribution in [0.15, 0.2) is 17.0 Å². The molecular formula is C6H6Cl2N2O4S2. The first-order valence-corrected chi connectivity index (χ1v) is 7.42. The van der Waals surface area contributed by atoms with Gasteiger partial charge in [-0.3, -0.25) is 9.27 Å². The molecule has 90 valence electrons. The molecule has 0 fully saturated rings. The van der Waals surface area contributed by atoms with E-state index in [4.69, 9.17) is 32.6 Å². The van der Waals surface area contributed by atoms with Crippen molar-refractivity contribution in [1.29, 1.82) is 0 Å². The first-order valence-electron chi connectivity index (χ1n) is 3.63. The highest BCUT2D eigenvalue weighted by atomic mass is 35.7. The second-order valence-electron chi connectivity index (χ2n) is 2.66. The molecule has 1 aromatic carbocycles. The summed E-state index contributed by atoms with van der Waals surface area (Å²) in [5.41, 5.74) is 5.33. The van der Waals surface area contributed by atoms with Crippen LogP contribution in [0.3, 0.4) is 0 Å². The molecule has 0 saturated carbocycles. The highest BCUT2D eigenvalue weighted by molar-refractivity contribution is 8.13. The second-order valence-corrected chi connectivity index (χ2v) is 6.33. The molecule has 0 spiro atoms. The molecule has 0 aliphatic carbocycles. The topological polar surface area (TPSA) is 109 Å². The molecule has 0 amide bonds. The Bertz CT molecular complexity index is 546. The van der Waals surface area contributed by atoms with E-state index >= 15 is 0 Å². The molecule has 0 aromatic heterocycles. The first kappa shape index (κ1) is 13.5. The van der Waals surface area contributed by atoms with E-state index < -0.39 is 20.3 Å². The summed E-state index contributed by atoms with van der Waals surface area (Å²) in [5.74, 6) is 0. The Kier molecular flexibility index (Phi) is 4.02. The van der Waals surface area contributed by atoms with Gasteiger partial charge in [0.1, 0.15) is 0 Å². The highest BCUT2D eigenvalue weighted by Gasteiger charge is 2.16. The Morgan fingerprint density at radius 3 is 2.44 bits per heavy atom. The van der Waals surface area contributed by atoms with E-state index in [-0.39, 0.29) is 21.3 Å². The smallest absolute Gasteiger partial charge is 0.261 e. The first-order chi connectivity index (χ1) is 7.21. The Morgan fingerprint density at radius 1 is 1.44 bits per heavy atom.